The zero-order valence-electron chi connectivity index (χ0n) is 15.9. The Morgan fingerprint density at radius 1 is 1.22 bits per heavy atom. The predicted molar refractivity (Wildman–Crippen MR) is 108 cm³/mol. The summed E-state index contributed by atoms with van der Waals surface area (Å²) in [5.41, 5.74) is 4.09. The number of nitrogens with zero attached hydrogens (tertiary/aromatic N) is 2. The molecule has 0 unspecified atom stereocenters. The van der Waals surface area contributed by atoms with Gasteiger partial charge in [0, 0.05) is 36.9 Å². The molecule has 4 heteroatoms. The van der Waals surface area contributed by atoms with E-state index in [2.05, 4.69) is 28.9 Å². The molecule has 1 aromatic carbocycles. The summed E-state index contributed by atoms with van der Waals surface area (Å²) in [5.74, 6) is 0.639. The summed E-state index contributed by atoms with van der Waals surface area (Å²) in [4.78, 5) is 18.7. The molecular formula is C23H26N2O2. The molecule has 0 amide bonds. The Morgan fingerprint density at radius 2 is 2.15 bits per heavy atom. The van der Waals surface area contributed by atoms with E-state index in [1.807, 2.05) is 30.6 Å². The molecule has 1 aliphatic rings. The van der Waals surface area contributed by atoms with Crippen molar-refractivity contribution in [3.05, 3.63) is 75.9 Å². The van der Waals surface area contributed by atoms with Crippen molar-refractivity contribution in [2.24, 2.45) is 5.92 Å². The van der Waals surface area contributed by atoms with Crippen LogP contribution in [-0.2, 0) is 19.4 Å². The topological polar surface area (TPSA) is 46.3 Å². The molecule has 1 saturated heterocycles. The minimum atomic E-state index is -0.259. The van der Waals surface area contributed by atoms with E-state index in [0.29, 0.717) is 11.5 Å². The van der Waals surface area contributed by atoms with Crippen LogP contribution >= 0.6 is 0 Å². The van der Waals surface area contributed by atoms with Crippen molar-refractivity contribution in [1.29, 1.82) is 0 Å². The van der Waals surface area contributed by atoms with Gasteiger partial charge in [-0.1, -0.05) is 19.1 Å². The van der Waals surface area contributed by atoms with E-state index >= 15 is 0 Å². The average molecular weight is 362 g/mol. The van der Waals surface area contributed by atoms with Crippen molar-refractivity contribution in [1.82, 2.24) is 9.88 Å². The summed E-state index contributed by atoms with van der Waals surface area (Å²) in [6.07, 6.45) is 8.30. The SMILES string of the molecule is CCc1ccc2oc(=O)cc(CN3CCC[C@H](Cc4cccnc4)C3)c2c1. The Hall–Kier alpha value is -2.46. The second-order valence-corrected chi connectivity index (χ2v) is 7.58. The van der Waals surface area contributed by atoms with E-state index < -0.39 is 0 Å². The normalized spacial score (nSPS) is 18.0. The van der Waals surface area contributed by atoms with Gasteiger partial charge in [-0.05, 0) is 73.0 Å². The molecule has 3 heterocycles. The van der Waals surface area contributed by atoms with Crippen molar-refractivity contribution in [3.8, 4) is 0 Å². The van der Waals surface area contributed by atoms with Crippen molar-refractivity contribution < 1.29 is 4.42 Å². The van der Waals surface area contributed by atoms with Crippen LogP contribution < -0.4 is 5.63 Å². The van der Waals surface area contributed by atoms with Crippen LogP contribution in [0.5, 0.6) is 0 Å². The van der Waals surface area contributed by atoms with Gasteiger partial charge in [-0.3, -0.25) is 9.88 Å². The fourth-order valence-electron chi connectivity index (χ4n) is 4.18. The van der Waals surface area contributed by atoms with Crippen LogP contribution in [0.3, 0.4) is 0 Å². The Kier molecular flexibility index (Phi) is 5.35. The molecule has 140 valence electrons. The highest BCUT2D eigenvalue weighted by molar-refractivity contribution is 5.80. The van der Waals surface area contributed by atoms with Gasteiger partial charge in [-0.2, -0.15) is 0 Å². The first-order valence-electron chi connectivity index (χ1n) is 9.88. The molecule has 4 nitrogen and oxygen atoms in total. The van der Waals surface area contributed by atoms with Crippen LogP contribution in [-0.4, -0.2) is 23.0 Å². The lowest BCUT2D eigenvalue weighted by Gasteiger charge is -2.33. The number of hydrogen-bond acceptors (Lipinski definition) is 4. The van der Waals surface area contributed by atoms with Gasteiger partial charge in [0.1, 0.15) is 5.58 Å². The van der Waals surface area contributed by atoms with E-state index in [1.165, 1.54) is 24.0 Å². The number of hydrogen-bond donors (Lipinski definition) is 0. The first-order valence-corrected chi connectivity index (χ1v) is 9.88. The average Bonchev–Trinajstić information content (AvgIpc) is 2.69. The van der Waals surface area contributed by atoms with Crippen molar-refractivity contribution in [2.45, 2.75) is 39.2 Å². The van der Waals surface area contributed by atoms with Crippen LogP contribution in [0.1, 0.15) is 36.5 Å². The molecule has 3 aromatic rings. The van der Waals surface area contributed by atoms with Crippen LogP contribution in [0.2, 0.25) is 0 Å². The Bertz CT molecular complexity index is 965. The van der Waals surface area contributed by atoms with Gasteiger partial charge in [0.15, 0.2) is 0 Å². The Morgan fingerprint density at radius 3 is 2.96 bits per heavy atom. The van der Waals surface area contributed by atoms with E-state index in [-0.39, 0.29) is 5.63 Å². The van der Waals surface area contributed by atoms with Gasteiger partial charge in [0.25, 0.3) is 0 Å². The zero-order valence-corrected chi connectivity index (χ0v) is 15.9. The molecule has 1 fully saturated rings. The molecule has 27 heavy (non-hydrogen) atoms. The lowest BCUT2D eigenvalue weighted by Crippen LogP contribution is -2.36. The molecule has 1 atom stereocenters. The van der Waals surface area contributed by atoms with Gasteiger partial charge in [-0.15, -0.1) is 0 Å². The summed E-state index contributed by atoms with van der Waals surface area (Å²) in [7, 11) is 0. The largest absolute Gasteiger partial charge is 0.423 e. The molecular weight excluding hydrogens is 336 g/mol. The maximum atomic E-state index is 12.0. The molecule has 0 spiro atoms. The molecule has 0 aliphatic carbocycles. The maximum Gasteiger partial charge on any atom is 0.336 e. The van der Waals surface area contributed by atoms with E-state index in [1.54, 1.807) is 6.07 Å². The number of aryl methyl sites for hydroxylation is 1. The monoisotopic (exact) mass is 362 g/mol. The lowest BCUT2D eigenvalue weighted by atomic mass is 9.91. The third-order valence-electron chi connectivity index (χ3n) is 5.55. The number of pyridine rings is 1. The fourth-order valence-corrected chi connectivity index (χ4v) is 4.18. The number of likely N-dealkylation sites (tertiary alicyclic amines) is 1. The maximum absolute atomic E-state index is 12.0. The minimum Gasteiger partial charge on any atom is -0.423 e. The number of aromatic nitrogens is 1. The highest BCUT2D eigenvalue weighted by Crippen LogP contribution is 2.25. The zero-order chi connectivity index (χ0) is 18.6. The summed E-state index contributed by atoms with van der Waals surface area (Å²) in [5, 5.41) is 1.07. The lowest BCUT2D eigenvalue weighted by molar-refractivity contribution is 0.167. The third-order valence-corrected chi connectivity index (χ3v) is 5.55. The molecule has 0 radical (unpaired) electrons. The summed E-state index contributed by atoms with van der Waals surface area (Å²) < 4.78 is 5.41. The third kappa shape index (κ3) is 4.28. The van der Waals surface area contributed by atoms with E-state index in [0.717, 1.165) is 43.4 Å². The highest BCUT2D eigenvalue weighted by atomic mass is 16.4. The van der Waals surface area contributed by atoms with Gasteiger partial charge in [0.2, 0.25) is 0 Å². The molecule has 4 rings (SSSR count). The van der Waals surface area contributed by atoms with E-state index in [4.69, 9.17) is 4.42 Å². The fraction of sp³-hybridized carbons (Fsp3) is 0.391. The van der Waals surface area contributed by atoms with Gasteiger partial charge >= 0.3 is 5.63 Å². The summed E-state index contributed by atoms with van der Waals surface area (Å²) in [6, 6.07) is 12.0. The first-order chi connectivity index (χ1) is 13.2. The van der Waals surface area contributed by atoms with Crippen molar-refractivity contribution in [3.63, 3.8) is 0 Å². The second-order valence-electron chi connectivity index (χ2n) is 7.58. The van der Waals surface area contributed by atoms with Gasteiger partial charge < -0.3 is 4.42 Å². The Labute approximate surface area is 159 Å². The Balaban J connectivity index is 1.53. The van der Waals surface area contributed by atoms with Crippen LogP contribution in [0, 0.1) is 5.92 Å². The molecule has 2 aromatic heterocycles. The smallest absolute Gasteiger partial charge is 0.336 e. The van der Waals surface area contributed by atoms with E-state index in [9.17, 15) is 4.79 Å². The standard InChI is InChI=1S/C23H26N2O2/c1-2-17-7-8-22-21(12-17)20(13-23(26)27-22)16-25-10-4-6-19(15-25)11-18-5-3-9-24-14-18/h3,5,7-9,12-14,19H,2,4,6,10-11,15-16H2,1H3/t19-/m1/s1. The van der Waals surface area contributed by atoms with Gasteiger partial charge in [-0.25, -0.2) is 4.79 Å². The first kappa shape index (κ1) is 17.9. The second kappa shape index (κ2) is 8.05. The van der Waals surface area contributed by atoms with Gasteiger partial charge in [0.05, 0.1) is 0 Å². The molecule has 0 bridgehead atoms. The molecule has 0 N–H and O–H groups in total. The van der Waals surface area contributed by atoms with Crippen molar-refractivity contribution >= 4 is 11.0 Å². The van der Waals surface area contributed by atoms with Crippen LogP contribution in [0.15, 0.2) is 58.0 Å². The van der Waals surface area contributed by atoms with Crippen molar-refractivity contribution in [2.75, 3.05) is 13.1 Å². The quantitative estimate of drug-likeness (QED) is 0.638. The number of rotatable bonds is 5. The molecule has 1 aliphatic heterocycles. The number of fused-ring (bicyclic) bond motifs is 1. The van der Waals surface area contributed by atoms with Crippen LogP contribution in [0.25, 0.3) is 11.0 Å². The minimum absolute atomic E-state index is 0.259. The summed E-state index contributed by atoms with van der Waals surface area (Å²) in [6.45, 7) is 5.09. The van der Waals surface area contributed by atoms with Crippen LogP contribution in [0.4, 0.5) is 0 Å². The number of benzene rings is 1. The predicted octanol–water partition coefficient (Wildman–Crippen LogP) is 4.21. The summed E-state index contributed by atoms with van der Waals surface area (Å²) >= 11 is 0. The number of piperidine rings is 1. The molecule has 0 saturated carbocycles. The highest BCUT2D eigenvalue weighted by Gasteiger charge is 2.21.